The van der Waals surface area contributed by atoms with Crippen LogP contribution in [0.1, 0.15) is 27.3 Å². The van der Waals surface area contributed by atoms with Crippen LogP contribution in [0.2, 0.25) is 0 Å². The number of hydrogen-bond acceptors (Lipinski definition) is 2. The van der Waals surface area contributed by atoms with E-state index in [1.807, 2.05) is 0 Å². The molecule has 0 unspecified atom stereocenters. The van der Waals surface area contributed by atoms with Crippen LogP contribution >= 0.6 is 15.9 Å². The van der Waals surface area contributed by atoms with Crippen LogP contribution in [-0.2, 0) is 0 Å². The Kier molecular flexibility index (Phi) is 3.15. The molecule has 0 amide bonds. The van der Waals surface area contributed by atoms with E-state index in [9.17, 15) is 4.79 Å². The minimum absolute atomic E-state index is 0.339. The second-order valence-electron chi connectivity index (χ2n) is 4.18. The highest BCUT2D eigenvalue weighted by molar-refractivity contribution is 9.10. The maximum atomic E-state index is 10.7. The van der Waals surface area contributed by atoms with E-state index >= 15 is 0 Å². The lowest BCUT2D eigenvalue weighted by Crippen LogP contribution is -1.91. The first kappa shape index (κ1) is 12.0. The van der Waals surface area contributed by atoms with Gasteiger partial charge in [0.15, 0.2) is 12.1 Å². The molecule has 0 atom stereocenters. The number of aromatic amines is 1. The van der Waals surface area contributed by atoms with E-state index in [4.69, 9.17) is 0 Å². The molecule has 1 N–H and O–H groups in total. The summed E-state index contributed by atoms with van der Waals surface area (Å²) in [7, 11) is 0. The molecule has 0 aliphatic carbocycles. The topological polar surface area (TPSA) is 45.8 Å². The number of carbonyl (C=O) groups excluding carboxylic acids is 1. The molecule has 0 bridgehead atoms. The number of H-pyrrole nitrogens is 1. The van der Waals surface area contributed by atoms with E-state index < -0.39 is 0 Å². The van der Waals surface area contributed by atoms with Crippen LogP contribution in [0.5, 0.6) is 0 Å². The number of aldehydes is 1. The fourth-order valence-electron chi connectivity index (χ4n) is 2.14. The number of imidazole rings is 1. The minimum Gasteiger partial charge on any atom is -0.330 e. The Morgan fingerprint density at radius 3 is 2.29 bits per heavy atom. The molecule has 2 aromatic rings. The van der Waals surface area contributed by atoms with Crippen LogP contribution in [-0.4, -0.2) is 16.3 Å². The van der Waals surface area contributed by atoms with Crippen molar-refractivity contribution in [2.24, 2.45) is 0 Å². The van der Waals surface area contributed by atoms with Crippen molar-refractivity contribution in [3.8, 4) is 11.3 Å². The molecule has 0 saturated heterocycles. The first-order valence-electron chi connectivity index (χ1n) is 5.32. The van der Waals surface area contributed by atoms with Crippen molar-refractivity contribution in [3.05, 3.63) is 39.3 Å². The van der Waals surface area contributed by atoms with Gasteiger partial charge in [-0.15, -0.1) is 0 Å². The SMILES string of the molecule is Cc1cc(C)c(-c2nc(C=O)[nH]c2Br)c(C)c1. The zero-order valence-electron chi connectivity index (χ0n) is 9.97. The number of aromatic nitrogens is 2. The third-order valence-electron chi connectivity index (χ3n) is 2.70. The molecular formula is C13H13BrN2O. The third kappa shape index (κ3) is 2.17. The van der Waals surface area contributed by atoms with E-state index in [0.29, 0.717) is 12.1 Å². The maximum absolute atomic E-state index is 10.7. The summed E-state index contributed by atoms with van der Waals surface area (Å²) in [5, 5.41) is 0. The Morgan fingerprint density at radius 1 is 1.24 bits per heavy atom. The van der Waals surface area contributed by atoms with Gasteiger partial charge in [0, 0.05) is 5.56 Å². The van der Waals surface area contributed by atoms with E-state index in [1.54, 1.807) is 0 Å². The first-order chi connectivity index (χ1) is 8.02. The number of halogens is 1. The van der Waals surface area contributed by atoms with Gasteiger partial charge in [-0.2, -0.15) is 0 Å². The van der Waals surface area contributed by atoms with Crippen LogP contribution in [0.25, 0.3) is 11.3 Å². The monoisotopic (exact) mass is 292 g/mol. The Hall–Kier alpha value is -1.42. The molecule has 2 rings (SSSR count). The molecule has 0 spiro atoms. The van der Waals surface area contributed by atoms with Gasteiger partial charge in [-0.05, 0) is 47.8 Å². The number of hydrogen-bond donors (Lipinski definition) is 1. The lowest BCUT2D eigenvalue weighted by atomic mass is 9.98. The summed E-state index contributed by atoms with van der Waals surface area (Å²) in [6.45, 7) is 6.17. The van der Waals surface area contributed by atoms with Crippen LogP contribution in [0.4, 0.5) is 0 Å². The van der Waals surface area contributed by atoms with Crippen molar-refractivity contribution in [2.75, 3.05) is 0 Å². The van der Waals surface area contributed by atoms with Crippen molar-refractivity contribution < 1.29 is 4.79 Å². The van der Waals surface area contributed by atoms with E-state index in [0.717, 1.165) is 27.0 Å². The second kappa shape index (κ2) is 4.45. The quantitative estimate of drug-likeness (QED) is 0.860. The standard InChI is InChI=1S/C13H13BrN2O/c1-7-4-8(2)11(9(3)5-7)12-13(14)16-10(6-17)15-12/h4-6H,1-3H3,(H,15,16). The number of nitrogens with one attached hydrogen (secondary N) is 1. The van der Waals surface area contributed by atoms with Gasteiger partial charge < -0.3 is 4.98 Å². The van der Waals surface area contributed by atoms with Crippen molar-refractivity contribution in [2.45, 2.75) is 20.8 Å². The molecule has 0 saturated carbocycles. The smallest absolute Gasteiger partial charge is 0.185 e. The summed E-state index contributed by atoms with van der Waals surface area (Å²) in [5.41, 5.74) is 5.42. The molecule has 1 aromatic heterocycles. The van der Waals surface area contributed by atoms with Crippen LogP contribution in [0, 0.1) is 20.8 Å². The molecule has 17 heavy (non-hydrogen) atoms. The Bertz CT molecular complexity index is 564. The van der Waals surface area contributed by atoms with E-state index in [2.05, 4.69) is 58.8 Å². The van der Waals surface area contributed by atoms with Crippen molar-refractivity contribution in [1.29, 1.82) is 0 Å². The predicted molar refractivity (Wildman–Crippen MR) is 71.3 cm³/mol. The van der Waals surface area contributed by atoms with Crippen LogP contribution in [0.3, 0.4) is 0 Å². The maximum Gasteiger partial charge on any atom is 0.185 e. The fraction of sp³-hybridized carbons (Fsp3) is 0.231. The van der Waals surface area contributed by atoms with Crippen molar-refractivity contribution in [1.82, 2.24) is 9.97 Å². The zero-order chi connectivity index (χ0) is 12.6. The molecule has 4 heteroatoms. The first-order valence-corrected chi connectivity index (χ1v) is 6.11. The van der Waals surface area contributed by atoms with Crippen LogP contribution in [0.15, 0.2) is 16.7 Å². The largest absolute Gasteiger partial charge is 0.330 e. The van der Waals surface area contributed by atoms with Gasteiger partial charge >= 0.3 is 0 Å². The number of benzene rings is 1. The molecule has 0 fully saturated rings. The minimum atomic E-state index is 0.339. The summed E-state index contributed by atoms with van der Waals surface area (Å²) in [5.74, 6) is 0.339. The molecule has 0 radical (unpaired) electrons. The Labute approximate surface area is 108 Å². The number of rotatable bonds is 2. The Morgan fingerprint density at radius 2 is 1.82 bits per heavy atom. The van der Waals surface area contributed by atoms with Gasteiger partial charge in [-0.1, -0.05) is 17.7 Å². The average molecular weight is 293 g/mol. The number of nitrogens with zero attached hydrogens (tertiary/aromatic N) is 1. The summed E-state index contributed by atoms with van der Waals surface area (Å²) in [6.07, 6.45) is 0.715. The molecule has 3 nitrogen and oxygen atoms in total. The van der Waals surface area contributed by atoms with Gasteiger partial charge in [0.2, 0.25) is 0 Å². The predicted octanol–water partition coefficient (Wildman–Crippen LogP) is 3.58. The van der Waals surface area contributed by atoms with Crippen molar-refractivity contribution in [3.63, 3.8) is 0 Å². The highest BCUT2D eigenvalue weighted by Crippen LogP contribution is 2.31. The number of carbonyl (C=O) groups is 1. The highest BCUT2D eigenvalue weighted by Gasteiger charge is 2.14. The lowest BCUT2D eigenvalue weighted by Gasteiger charge is -2.09. The summed E-state index contributed by atoms with van der Waals surface area (Å²) >= 11 is 3.40. The molecule has 1 heterocycles. The lowest BCUT2D eigenvalue weighted by molar-refractivity contribution is 0.111. The second-order valence-corrected chi connectivity index (χ2v) is 4.97. The molecule has 88 valence electrons. The highest BCUT2D eigenvalue weighted by atomic mass is 79.9. The normalized spacial score (nSPS) is 10.6. The molecule has 0 aliphatic heterocycles. The molecule has 0 aliphatic rings. The zero-order valence-corrected chi connectivity index (χ0v) is 11.6. The van der Waals surface area contributed by atoms with Gasteiger partial charge in [0.25, 0.3) is 0 Å². The number of aryl methyl sites for hydroxylation is 3. The van der Waals surface area contributed by atoms with Gasteiger partial charge in [-0.25, -0.2) is 4.98 Å². The summed E-state index contributed by atoms with van der Waals surface area (Å²) in [6, 6.07) is 4.23. The average Bonchev–Trinajstić information content (AvgIpc) is 2.59. The van der Waals surface area contributed by atoms with Gasteiger partial charge in [0.1, 0.15) is 10.3 Å². The summed E-state index contributed by atoms with van der Waals surface area (Å²) in [4.78, 5) is 17.9. The van der Waals surface area contributed by atoms with Gasteiger partial charge in [0.05, 0.1) is 0 Å². The van der Waals surface area contributed by atoms with Crippen LogP contribution < -0.4 is 0 Å². The third-order valence-corrected chi connectivity index (χ3v) is 3.28. The van der Waals surface area contributed by atoms with Crippen molar-refractivity contribution >= 4 is 22.2 Å². The summed E-state index contributed by atoms with van der Waals surface area (Å²) < 4.78 is 0.745. The fourth-order valence-corrected chi connectivity index (χ4v) is 2.63. The Balaban J connectivity index is 2.67. The molecular weight excluding hydrogens is 280 g/mol. The van der Waals surface area contributed by atoms with Gasteiger partial charge in [-0.3, -0.25) is 4.79 Å². The van der Waals surface area contributed by atoms with E-state index in [-0.39, 0.29) is 0 Å². The van der Waals surface area contributed by atoms with E-state index in [1.165, 1.54) is 5.56 Å². The molecule has 1 aromatic carbocycles.